The molecule has 0 saturated heterocycles. The maximum atomic E-state index is 14.0. The molecule has 1 unspecified atom stereocenters. The van der Waals surface area contributed by atoms with Crippen LogP contribution in [0.4, 0.5) is 27.9 Å². The van der Waals surface area contributed by atoms with E-state index in [1.807, 2.05) is 48.5 Å². The molecule has 0 aliphatic carbocycles. The van der Waals surface area contributed by atoms with Crippen LogP contribution in [-0.4, -0.2) is 47.2 Å². The Labute approximate surface area is 236 Å². The van der Waals surface area contributed by atoms with Crippen LogP contribution in [0.5, 0.6) is 0 Å². The lowest BCUT2D eigenvalue weighted by molar-refractivity contribution is 0.251. The number of hydrogen-bond donors (Lipinski definition) is 5. The normalized spacial score (nSPS) is 14.8. The first-order chi connectivity index (χ1) is 19.9. The van der Waals surface area contributed by atoms with Crippen molar-refractivity contribution in [3.8, 4) is 0 Å². The van der Waals surface area contributed by atoms with Crippen LogP contribution in [0.15, 0.2) is 90.0 Å². The number of nitrogens with two attached hydrogens (primary N) is 1. The first-order valence-electron chi connectivity index (χ1n) is 12.9. The van der Waals surface area contributed by atoms with Gasteiger partial charge in [-0.2, -0.15) is 15.1 Å². The summed E-state index contributed by atoms with van der Waals surface area (Å²) in [6.07, 6.45) is 2.16. The highest BCUT2D eigenvalue weighted by atomic mass is 32.2. The van der Waals surface area contributed by atoms with Crippen LogP contribution in [0.1, 0.15) is 11.1 Å². The zero-order valence-electron chi connectivity index (χ0n) is 21.8. The fraction of sp³-hybridized carbons (Fsp3) is 0.143. The van der Waals surface area contributed by atoms with Gasteiger partial charge in [-0.3, -0.25) is 9.40 Å². The van der Waals surface area contributed by atoms with E-state index in [9.17, 15) is 13.2 Å². The van der Waals surface area contributed by atoms with Gasteiger partial charge in [-0.1, -0.05) is 54.6 Å². The molecule has 3 heterocycles. The maximum Gasteiger partial charge on any atom is 0.319 e. The third-order valence-electron chi connectivity index (χ3n) is 6.76. The molecule has 0 fully saturated rings. The zero-order chi connectivity index (χ0) is 28.4. The number of hydrogen-bond acceptors (Lipinski definition) is 8. The quantitative estimate of drug-likeness (QED) is 0.198. The van der Waals surface area contributed by atoms with Crippen molar-refractivity contribution in [1.29, 1.82) is 0 Å². The van der Waals surface area contributed by atoms with Crippen LogP contribution in [0.25, 0.3) is 11.0 Å². The standard InChI is InChI=1S/C28H27N9O3S/c29-27-34-25(23-16-31-36-26(23)35-27)32-21-13-19-9-4-5-12-24(19)37(17-21)41(39,40)22-11-6-10-20(14-22)33-28(38)30-15-18-7-2-1-3-8-18/h1-12,14,16,21H,13,15,17H2,(H2,30,33,38)(H4,29,31,32,34,35,36). The lowest BCUT2D eigenvalue weighted by Gasteiger charge is -2.36. The van der Waals surface area contributed by atoms with Crippen LogP contribution in [0, 0.1) is 0 Å². The molecule has 2 aromatic heterocycles. The van der Waals surface area contributed by atoms with Crippen molar-refractivity contribution >= 4 is 50.2 Å². The largest absolute Gasteiger partial charge is 0.368 e. The number of nitrogen functional groups attached to an aromatic ring is 1. The highest BCUT2D eigenvalue weighted by molar-refractivity contribution is 7.92. The molecule has 1 aliphatic heterocycles. The molecule has 0 bridgehead atoms. The van der Waals surface area contributed by atoms with E-state index in [0.29, 0.717) is 41.2 Å². The van der Waals surface area contributed by atoms with E-state index in [-0.39, 0.29) is 23.4 Å². The second kappa shape index (κ2) is 10.8. The van der Waals surface area contributed by atoms with Crippen molar-refractivity contribution in [2.24, 2.45) is 0 Å². The molecule has 0 saturated carbocycles. The number of rotatable bonds is 7. The van der Waals surface area contributed by atoms with Crippen molar-refractivity contribution < 1.29 is 13.2 Å². The Balaban J connectivity index is 1.24. The van der Waals surface area contributed by atoms with Gasteiger partial charge in [-0.15, -0.1) is 0 Å². The number of carbonyl (C=O) groups is 1. The van der Waals surface area contributed by atoms with Crippen LogP contribution in [-0.2, 0) is 23.0 Å². The minimum Gasteiger partial charge on any atom is -0.368 e. The number of urea groups is 1. The molecular weight excluding hydrogens is 542 g/mol. The van der Waals surface area contributed by atoms with Gasteiger partial charge in [0.1, 0.15) is 5.82 Å². The van der Waals surface area contributed by atoms with E-state index in [2.05, 4.69) is 36.1 Å². The summed E-state index contributed by atoms with van der Waals surface area (Å²) in [6.45, 7) is 0.477. The lowest BCUT2D eigenvalue weighted by Crippen LogP contribution is -2.45. The summed E-state index contributed by atoms with van der Waals surface area (Å²) in [4.78, 5) is 21.0. The topological polar surface area (TPSA) is 171 Å². The molecule has 1 atom stereocenters. The van der Waals surface area contributed by atoms with Gasteiger partial charge in [-0.25, -0.2) is 13.2 Å². The minimum absolute atomic E-state index is 0.0531. The van der Waals surface area contributed by atoms with E-state index in [1.165, 1.54) is 16.4 Å². The Morgan fingerprint density at radius 1 is 1.02 bits per heavy atom. The molecule has 6 N–H and O–H groups in total. The van der Waals surface area contributed by atoms with Gasteiger partial charge < -0.3 is 21.7 Å². The second-order valence-corrected chi connectivity index (χ2v) is 11.5. The van der Waals surface area contributed by atoms with Gasteiger partial charge in [0.2, 0.25) is 5.95 Å². The number of nitrogens with one attached hydrogen (secondary N) is 4. The Kier molecular flexibility index (Phi) is 6.85. The average Bonchev–Trinajstić information content (AvgIpc) is 3.45. The monoisotopic (exact) mass is 569 g/mol. The third-order valence-corrected chi connectivity index (χ3v) is 8.53. The van der Waals surface area contributed by atoms with Crippen molar-refractivity contribution in [3.05, 3.63) is 96.2 Å². The average molecular weight is 570 g/mol. The summed E-state index contributed by atoms with van der Waals surface area (Å²) in [5.74, 6) is 0.540. The lowest BCUT2D eigenvalue weighted by atomic mass is 9.99. The summed E-state index contributed by atoms with van der Waals surface area (Å²) in [7, 11) is -4.01. The minimum atomic E-state index is -4.01. The molecule has 12 nitrogen and oxygen atoms in total. The molecule has 208 valence electrons. The zero-order valence-corrected chi connectivity index (χ0v) is 22.6. The van der Waals surface area contributed by atoms with Gasteiger partial charge in [0.05, 0.1) is 34.8 Å². The van der Waals surface area contributed by atoms with Crippen molar-refractivity contribution in [2.75, 3.05) is 27.2 Å². The summed E-state index contributed by atoms with van der Waals surface area (Å²) in [5.41, 5.74) is 9.13. The summed E-state index contributed by atoms with van der Waals surface area (Å²) in [6, 6.07) is 22.3. The molecular formula is C28H27N9O3S. The van der Waals surface area contributed by atoms with Crippen LogP contribution in [0.2, 0.25) is 0 Å². The number of aromatic amines is 1. The Morgan fingerprint density at radius 2 is 1.83 bits per heavy atom. The van der Waals surface area contributed by atoms with Crippen LogP contribution >= 0.6 is 0 Å². The molecule has 13 heteroatoms. The van der Waals surface area contributed by atoms with E-state index in [0.717, 1.165) is 11.1 Å². The number of anilines is 4. The number of aromatic nitrogens is 4. The number of benzene rings is 3. The molecule has 2 amide bonds. The number of amides is 2. The molecule has 6 rings (SSSR count). The maximum absolute atomic E-state index is 14.0. The number of nitrogens with zero attached hydrogens (tertiary/aromatic N) is 4. The number of para-hydroxylation sites is 1. The van der Waals surface area contributed by atoms with Gasteiger partial charge in [-0.05, 0) is 41.8 Å². The van der Waals surface area contributed by atoms with Crippen molar-refractivity contribution in [1.82, 2.24) is 25.5 Å². The number of carbonyl (C=O) groups excluding carboxylic acids is 1. The smallest absolute Gasteiger partial charge is 0.319 e. The second-order valence-electron chi connectivity index (χ2n) is 9.59. The van der Waals surface area contributed by atoms with Gasteiger partial charge in [0.25, 0.3) is 10.0 Å². The number of fused-ring (bicyclic) bond motifs is 2. The number of sulfonamides is 1. The Morgan fingerprint density at radius 3 is 2.68 bits per heavy atom. The highest BCUT2D eigenvalue weighted by Crippen LogP contribution is 2.34. The molecule has 1 aliphatic rings. The third kappa shape index (κ3) is 5.47. The van der Waals surface area contributed by atoms with Gasteiger partial charge in [0.15, 0.2) is 5.65 Å². The molecule has 0 radical (unpaired) electrons. The Bertz CT molecular complexity index is 1830. The van der Waals surface area contributed by atoms with Crippen LogP contribution < -0.4 is 26.0 Å². The predicted molar refractivity (Wildman–Crippen MR) is 157 cm³/mol. The fourth-order valence-electron chi connectivity index (χ4n) is 4.85. The summed E-state index contributed by atoms with van der Waals surface area (Å²) < 4.78 is 29.4. The van der Waals surface area contributed by atoms with Gasteiger partial charge in [0, 0.05) is 12.2 Å². The molecule has 41 heavy (non-hydrogen) atoms. The summed E-state index contributed by atoms with van der Waals surface area (Å²) in [5, 5.41) is 16.3. The fourth-order valence-corrected chi connectivity index (χ4v) is 6.44. The van der Waals surface area contributed by atoms with Gasteiger partial charge >= 0.3 is 6.03 Å². The molecule has 3 aromatic carbocycles. The van der Waals surface area contributed by atoms with E-state index in [4.69, 9.17) is 5.73 Å². The highest BCUT2D eigenvalue weighted by Gasteiger charge is 2.34. The van der Waals surface area contributed by atoms with Crippen molar-refractivity contribution in [2.45, 2.75) is 23.9 Å². The van der Waals surface area contributed by atoms with E-state index >= 15 is 0 Å². The SMILES string of the molecule is Nc1nc(NC2Cc3ccccc3N(S(=O)(=O)c3cccc(NC(=O)NCc4ccccc4)c3)C2)c2cn[nH]c2n1. The predicted octanol–water partition coefficient (Wildman–Crippen LogP) is 3.49. The van der Waals surface area contributed by atoms with Crippen LogP contribution in [0.3, 0.4) is 0 Å². The van der Waals surface area contributed by atoms with Crippen molar-refractivity contribution in [3.63, 3.8) is 0 Å². The molecule has 0 spiro atoms. The molecule has 5 aromatic rings. The first kappa shape index (κ1) is 26.1. The number of H-pyrrole nitrogens is 1. The van der Waals surface area contributed by atoms with E-state index < -0.39 is 16.1 Å². The van der Waals surface area contributed by atoms with E-state index in [1.54, 1.807) is 24.4 Å². The Hall–Kier alpha value is -5.17. The first-order valence-corrected chi connectivity index (χ1v) is 14.3. The summed E-state index contributed by atoms with van der Waals surface area (Å²) >= 11 is 0.